The van der Waals surface area contributed by atoms with Gasteiger partial charge in [-0.1, -0.05) is 18.2 Å². The first-order chi connectivity index (χ1) is 16.6. The molecule has 0 amide bonds. The summed E-state index contributed by atoms with van der Waals surface area (Å²) in [6, 6.07) is 12.2. The van der Waals surface area contributed by atoms with Crippen molar-refractivity contribution in [2.24, 2.45) is 7.05 Å². The smallest absolute Gasteiger partial charge is 0.296 e. The highest BCUT2D eigenvalue weighted by Crippen LogP contribution is 2.31. The van der Waals surface area contributed by atoms with E-state index in [1.807, 2.05) is 6.92 Å². The van der Waals surface area contributed by atoms with E-state index in [-0.39, 0.29) is 16.3 Å². The minimum absolute atomic E-state index is 0.104. The van der Waals surface area contributed by atoms with Gasteiger partial charge in [-0.2, -0.15) is 5.10 Å². The SMILES string of the molecule is CCn1cc(Nc2ccc(S(=O)(=O)Nc3c(C)n(C)n(-c4ccccc4)c3=O)cc2[N+](=O)[O-])cn1. The number of hydrogen-bond donors (Lipinski definition) is 2. The summed E-state index contributed by atoms with van der Waals surface area (Å²) in [6.45, 7) is 4.12. The molecule has 4 aromatic rings. The molecule has 35 heavy (non-hydrogen) atoms. The van der Waals surface area contributed by atoms with E-state index in [4.69, 9.17) is 0 Å². The summed E-state index contributed by atoms with van der Waals surface area (Å²) in [5.41, 5.74) is 0.406. The first-order valence-electron chi connectivity index (χ1n) is 10.6. The molecule has 4 rings (SSSR count). The molecule has 0 fully saturated rings. The van der Waals surface area contributed by atoms with E-state index >= 15 is 0 Å². The fraction of sp³-hybridized carbons (Fsp3) is 0.182. The van der Waals surface area contributed by atoms with Crippen LogP contribution in [0.5, 0.6) is 0 Å². The topological polar surface area (TPSA) is 146 Å². The van der Waals surface area contributed by atoms with Crippen LogP contribution in [0.3, 0.4) is 0 Å². The van der Waals surface area contributed by atoms with Crippen LogP contribution in [-0.2, 0) is 23.6 Å². The molecule has 0 spiro atoms. The van der Waals surface area contributed by atoms with E-state index in [0.717, 1.165) is 6.07 Å². The zero-order valence-electron chi connectivity index (χ0n) is 19.2. The molecule has 13 heteroatoms. The molecule has 2 aromatic carbocycles. The van der Waals surface area contributed by atoms with E-state index < -0.39 is 26.2 Å². The van der Waals surface area contributed by atoms with Crippen molar-refractivity contribution in [1.82, 2.24) is 19.1 Å². The Morgan fingerprint density at radius 1 is 1.14 bits per heavy atom. The van der Waals surface area contributed by atoms with Gasteiger partial charge in [0.2, 0.25) is 0 Å². The van der Waals surface area contributed by atoms with Crippen LogP contribution in [0.4, 0.5) is 22.7 Å². The van der Waals surface area contributed by atoms with E-state index in [2.05, 4.69) is 15.1 Å². The second kappa shape index (κ2) is 9.10. The van der Waals surface area contributed by atoms with Crippen molar-refractivity contribution in [2.75, 3.05) is 10.0 Å². The van der Waals surface area contributed by atoms with Gasteiger partial charge in [0.05, 0.1) is 33.1 Å². The molecular formula is C22H23N7O5S. The number of nitrogens with zero attached hydrogens (tertiary/aromatic N) is 5. The van der Waals surface area contributed by atoms with Crippen molar-refractivity contribution in [3.05, 3.63) is 87.1 Å². The molecule has 0 bridgehead atoms. The maximum atomic E-state index is 13.1. The second-order valence-corrected chi connectivity index (χ2v) is 9.37. The van der Waals surface area contributed by atoms with Gasteiger partial charge >= 0.3 is 0 Å². The lowest BCUT2D eigenvalue weighted by atomic mass is 10.2. The Morgan fingerprint density at radius 3 is 2.49 bits per heavy atom. The molecule has 2 N–H and O–H groups in total. The van der Waals surface area contributed by atoms with E-state index in [0.29, 0.717) is 23.6 Å². The van der Waals surface area contributed by atoms with Gasteiger partial charge in [-0.15, -0.1) is 0 Å². The van der Waals surface area contributed by atoms with Crippen molar-refractivity contribution in [2.45, 2.75) is 25.3 Å². The van der Waals surface area contributed by atoms with Crippen LogP contribution in [0, 0.1) is 17.0 Å². The monoisotopic (exact) mass is 497 g/mol. The number of nitro benzene ring substituents is 1. The molecular weight excluding hydrogens is 474 g/mol. The van der Waals surface area contributed by atoms with Crippen molar-refractivity contribution in [3.63, 3.8) is 0 Å². The van der Waals surface area contributed by atoms with Crippen LogP contribution in [-0.4, -0.2) is 32.5 Å². The molecule has 0 aliphatic rings. The molecule has 0 radical (unpaired) electrons. The number of sulfonamides is 1. The summed E-state index contributed by atoms with van der Waals surface area (Å²) in [7, 11) is -2.68. The van der Waals surface area contributed by atoms with Gasteiger partial charge in [0.25, 0.3) is 21.3 Å². The van der Waals surface area contributed by atoms with Crippen LogP contribution in [0.2, 0.25) is 0 Å². The Bertz CT molecular complexity index is 1570. The zero-order valence-corrected chi connectivity index (χ0v) is 20.0. The minimum Gasteiger partial charge on any atom is -0.347 e. The predicted molar refractivity (Wildman–Crippen MR) is 131 cm³/mol. The zero-order chi connectivity index (χ0) is 25.3. The van der Waals surface area contributed by atoms with Crippen LogP contribution in [0.1, 0.15) is 12.6 Å². The Labute approximate surface area is 200 Å². The van der Waals surface area contributed by atoms with Gasteiger partial charge in [-0.05, 0) is 38.1 Å². The van der Waals surface area contributed by atoms with Gasteiger partial charge in [0, 0.05) is 25.9 Å². The van der Waals surface area contributed by atoms with Gasteiger partial charge in [-0.3, -0.25) is 29.0 Å². The summed E-state index contributed by atoms with van der Waals surface area (Å²) in [4.78, 5) is 23.7. The number of hydrogen-bond acceptors (Lipinski definition) is 7. The molecule has 12 nitrogen and oxygen atoms in total. The number of nitrogens with one attached hydrogen (secondary N) is 2. The first-order valence-corrected chi connectivity index (χ1v) is 12.1. The average Bonchev–Trinajstić information content (AvgIpc) is 3.37. The summed E-state index contributed by atoms with van der Waals surface area (Å²) in [5, 5.41) is 18.7. The van der Waals surface area contributed by atoms with E-state index in [9.17, 15) is 23.3 Å². The third-order valence-corrected chi connectivity index (χ3v) is 6.85. The fourth-order valence-electron chi connectivity index (χ4n) is 3.57. The molecule has 182 valence electrons. The minimum atomic E-state index is -4.31. The standard InChI is InChI=1S/C22H23N7O5S/c1-4-27-14-16(13-23-27)24-19-11-10-18(12-20(19)29(31)32)35(33,34)25-21-15(2)26(3)28(22(21)30)17-8-6-5-7-9-17/h5-14,24-25H,4H2,1-3H3. The third-order valence-electron chi connectivity index (χ3n) is 5.50. The Morgan fingerprint density at radius 2 is 1.86 bits per heavy atom. The lowest BCUT2D eigenvalue weighted by Gasteiger charge is -2.09. The molecule has 0 saturated carbocycles. The molecule has 0 saturated heterocycles. The second-order valence-electron chi connectivity index (χ2n) is 7.69. The quantitative estimate of drug-likeness (QED) is 0.281. The number of aromatic nitrogens is 4. The van der Waals surface area contributed by atoms with E-state index in [1.165, 1.54) is 27.7 Å². The van der Waals surface area contributed by atoms with Gasteiger partial charge in [0.1, 0.15) is 11.4 Å². The normalized spacial score (nSPS) is 11.4. The number of para-hydroxylation sites is 1. The lowest BCUT2D eigenvalue weighted by Crippen LogP contribution is -2.23. The Balaban J connectivity index is 1.70. The average molecular weight is 498 g/mol. The first kappa shape index (κ1) is 23.8. The van der Waals surface area contributed by atoms with Gasteiger partial charge < -0.3 is 5.32 Å². The third kappa shape index (κ3) is 4.53. The maximum Gasteiger partial charge on any atom is 0.296 e. The predicted octanol–water partition coefficient (Wildman–Crippen LogP) is 3.15. The number of nitro groups is 1. The van der Waals surface area contributed by atoms with Crippen LogP contribution < -0.4 is 15.6 Å². The largest absolute Gasteiger partial charge is 0.347 e. The fourth-order valence-corrected chi connectivity index (χ4v) is 4.71. The summed E-state index contributed by atoms with van der Waals surface area (Å²) in [5.74, 6) is 0. The number of aryl methyl sites for hydroxylation is 1. The van der Waals surface area contributed by atoms with Crippen LogP contribution >= 0.6 is 0 Å². The van der Waals surface area contributed by atoms with E-state index in [1.54, 1.807) is 55.2 Å². The van der Waals surface area contributed by atoms with Crippen molar-refractivity contribution in [3.8, 4) is 5.69 Å². The van der Waals surface area contributed by atoms with Gasteiger partial charge in [0.15, 0.2) is 0 Å². The van der Waals surface area contributed by atoms with Crippen LogP contribution in [0.15, 0.2) is 70.6 Å². The number of benzene rings is 2. The molecule has 2 heterocycles. The molecule has 2 aromatic heterocycles. The van der Waals surface area contributed by atoms with Crippen molar-refractivity contribution >= 4 is 32.8 Å². The van der Waals surface area contributed by atoms with Crippen molar-refractivity contribution < 1.29 is 13.3 Å². The highest BCUT2D eigenvalue weighted by atomic mass is 32.2. The highest BCUT2D eigenvalue weighted by Gasteiger charge is 2.25. The molecule has 0 unspecified atom stereocenters. The van der Waals surface area contributed by atoms with Crippen LogP contribution in [0.25, 0.3) is 5.69 Å². The Hall–Kier alpha value is -4.39. The molecule has 0 aliphatic heterocycles. The number of anilines is 3. The maximum absolute atomic E-state index is 13.1. The Kier molecular flexibility index (Phi) is 6.18. The van der Waals surface area contributed by atoms with Crippen molar-refractivity contribution in [1.29, 1.82) is 0 Å². The molecule has 0 atom stereocenters. The highest BCUT2D eigenvalue weighted by molar-refractivity contribution is 7.92. The molecule has 0 aliphatic carbocycles. The summed E-state index contributed by atoms with van der Waals surface area (Å²) >= 11 is 0. The van der Waals surface area contributed by atoms with Gasteiger partial charge in [-0.25, -0.2) is 13.1 Å². The summed E-state index contributed by atoms with van der Waals surface area (Å²) in [6.07, 6.45) is 3.18. The lowest BCUT2D eigenvalue weighted by molar-refractivity contribution is -0.384. The summed E-state index contributed by atoms with van der Waals surface area (Å²) < 4.78 is 33.1. The number of rotatable bonds is 8.